The van der Waals surface area contributed by atoms with Gasteiger partial charge in [-0.15, -0.1) is 0 Å². The Balaban J connectivity index is 1.79. The number of nitrogens with one attached hydrogen (secondary N) is 1. The summed E-state index contributed by atoms with van der Waals surface area (Å²) in [5.74, 6) is 0. The van der Waals surface area contributed by atoms with E-state index in [1.54, 1.807) is 5.57 Å². The first-order valence-electron chi connectivity index (χ1n) is 6.26. The summed E-state index contributed by atoms with van der Waals surface area (Å²) in [7, 11) is 0. The van der Waals surface area contributed by atoms with Crippen molar-refractivity contribution in [2.45, 2.75) is 37.8 Å². The fourth-order valence-corrected chi connectivity index (χ4v) is 3.06. The van der Waals surface area contributed by atoms with Crippen molar-refractivity contribution >= 4 is 0 Å². The molecule has 2 fully saturated rings. The monoisotopic (exact) mass is 204 g/mol. The van der Waals surface area contributed by atoms with Crippen LogP contribution in [0.15, 0.2) is 23.8 Å². The zero-order valence-electron chi connectivity index (χ0n) is 9.28. The van der Waals surface area contributed by atoms with Crippen LogP contribution in [0.3, 0.4) is 0 Å². The van der Waals surface area contributed by atoms with Crippen molar-refractivity contribution in [3.05, 3.63) is 23.8 Å². The number of allylic oxidation sites excluding steroid dienone is 2. The van der Waals surface area contributed by atoms with E-state index in [0.717, 1.165) is 6.04 Å². The van der Waals surface area contributed by atoms with Crippen LogP contribution in [0.25, 0.3) is 0 Å². The summed E-state index contributed by atoms with van der Waals surface area (Å²) in [6.07, 6.45) is 12.2. The van der Waals surface area contributed by atoms with Gasteiger partial charge in [0.05, 0.1) is 0 Å². The van der Waals surface area contributed by atoms with Crippen molar-refractivity contribution in [1.29, 1.82) is 0 Å². The van der Waals surface area contributed by atoms with Crippen molar-refractivity contribution in [3.8, 4) is 0 Å². The standard InChI is InChI=1S/C13H20N2/c1-2-7-13-11(5-1)10-15-8-4-3-6-12(15)9-14-13/h1-2,5,12-14H,3-4,6-10H2. The molecule has 0 aromatic rings. The van der Waals surface area contributed by atoms with Crippen LogP contribution in [-0.2, 0) is 0 Å². The number of fused-ring (bicyclic) bond motifs is 2. The van der Waals surface area contributed by atoms with Gasteiger partial charge in [0.2, 0.25) is 0 Å². The second-order valence-electron chi connectivity index (χ2n) is 4.99. The zero-order chi connectivity index (χ0) is 10.1. The quantitative estimate of drug-likeness (QED) is 0.646. The molecule has 2 heterocycles. The predicted molar refractivity (Wildman–Crippen MR) is 62.8 cm³/mol. The first-order chi connectivity index (χ1) is 7.43. The average Bonchev–Trinajstić information content (AvgIpc) is 2.48. The molecular formula is C13H20N2. The Hall–Kier alpha value is -0.600. The average molecular weight is 204 g/mol. The number of piperidine rings is 1. The van der Waals surface area contributed by atoms with Gasteiger partial charge in [0, 0.05) is 25.2 Å². The van der Waals surface area contributed by atoms with Crippen LogP contribution < -0.4 is 5.32 Å². The molecule has 82 valence electrons. The van der Waals surface area contributed by atoms with E-state index in [2.05, 4.69) is 28.4 Å². The first-order valence-corrected chi connectivity index (χ1v) is 6.26. The summed E-state index contributed by atoms with van der Waals surface area (Å²) >= 11 is 0. The fraction of sp³-hybridized carbons (Fsp3) is 0.692. The maximum atomic E-state index is 3.72. The third-order valence-corrected chi connectivity index (χ3v) is 4.00. The Morgan fingerprint density at radius 2 is 2.33 bits per heavy atom. The summed E-state index contributed by atoms with van der Waals surface area (Å²) in [6.45, 7) is 3.70. The molecule has 2 heteroatoms. The molecule has 3 aliphatic rings. The van der Waals surface area contributed by atoms with Crippen LogP contribution in [0.4, 0.5) is 0 Å². The van der Waals surface area contributed by atoms with Crippen LogP contribution in [0, 0.1) is 0 Å². The van der Waals surface area contributed by atoms with Gasteiger partial charge in [-0.1, -0.05) is 24.6 Å². The lowest BCUT2D eigenvalue weighted by molar-refractivity contribution is 0.169. The van der Waals surface area contributed by atoms with Crippen LogP contribution in [-0.4, -0.2) is 36.6 Å². The van der Waals surface area contributed by atoms with Gasteiger partial charge < -0.3 is 5.32 Å². The molecular weight excluding hydrogens is 184 g/mol. The highest BCUT2D eigenvalue weighted by molar-refractivity contribution is 5.26. The van der Waals surface area contributed by atoms with E-state index in [1.807, 2.05) is 0 Å². The van der Waals surface area contributed by atoms with Crippen molar-refractivity contribution in [2.24, 2.45) is 0 Å². The number of nitrogens with zero attached hydrogens (tertiary/aromatic N) is 1. The topological polar surface area (TPSA) is 15.3 Å². The first kappa shape index (κ1) is 9.61. The molecule has 2 unspecified atom stereocenters. The molecule has 0 aromatic carbocycles. The van der Waals surface area contributed by atoms with Crippen LogP contribution in [0.5, 0.6) is 0 Å². The van der Waals surface area contributed by atoms with Crippen molar-refractivity contribution in [2.75, 3.05) is 19.6 Å². The molecule has 15 heavy (non-hydrogen) atoms. The molecule has 1 N–H and O–H groups in total. The van der Waals surface area contributed by atoms with E-state index in [1.165, 1.54) is 45.3 Å². The Morgan fingerprint density at radius 1 is 1.33 bits per heavy atom. The Bertz CT molecular complexity index is 293. The SMILES string of the molecule is C1=CCC2NCC3CCCCN3CC2=C1. The lowest BCUT2D eigenvalue weighted by Gasteiger charge is -2.33. The lowest BCUT2D eigenvalue weighted by Crippen LogP contribution is -2.43. The predicted octanol–water partition coefficient (Wildman–Crippen LogP) is 1.70. The van der Waals surface area contributed by atoms with Gasteiger partial charge in [-0.25, -0.2) is 0 Å². The second kappa shape index (κ2) is 4.11. The largest absolute Gasteiger partial charge is 0.308 e. The summed E-state index contributed by atoms with van der Waals surface area (Å²) in [5.41, 5.74) is 1.60. The highest BCUT2D eigenvalue weighted by Crippen LogP contribution is 2.24. The van der Waals surface area contributed by atoms with Crippen LogP contribution in [0.1, 0.15) is 25.7 Å². The fourth-order valence-electron chi connectivity index (χ4n) is 3.06. The van der Waals surface area contributed by atoms with Crippen molar-refractivity contribution < 1.29 is 0 Å². The number of hydrogen-bond donors (Lipinski definition) is 1. The molecule has 2 saturated heterocycles. The molecule has 1 aliphatic carbocycles. The van der Waals surface area contributed by atoms with E-state index < -0.39 is 0 Å². The molecule has 0 amide bonds. The molecule has 0 aromatic heterocycles. The molecule has 0 saturated carbocycles. The van der Waals surface area contributed by atoms with Gasteiger partial charge in [-0.05, 0) is 31.4 Å². The minimum Gasteiger partial charge on any atom is -0.308 e. The summed E-state index contributed by atoms with van der Waals surface area (Å²) in [5, 5.41) is 3.72. The number of rotatable bonds is 0. The van der Waals surface area contributed by atoms with Crippen LogP contribution in [0.2, 0.25) is 0 Å². The van der Waals surface area contributed by atoms with Gasteiger partial charge in [0.25, 0.3) is 0 Å². The van der Waals surface area contributed by atoms with Crippen LogP contribution >= 0.6 is 0 Å². The maximum Gasteiger partial charge on any atom is 0.0330 e. The Labute approximate surface area is 92.0 Å². The minimum absolute atomic E-state index is 0.626. The molecule has 2 aliphatic heterocycles. The van der Waals surface area contributed by atoms with E-state index in [-0.39, 0.29) is 0 Å². The molecule has 0 bridgehead atoms. The zero-order valence-corrected chi connectivity index (χ0v) is 9.28. The highest BCUT2D eigenvalue weighted by Gasteiger charge is 2.29. The third-order valence-electron chi connectivity index (χ3n) is 4.00. The van der Waals surface area contributed by atoms with Gasteiger partial charge in [-0.2, -0.15) is 0 Å². The van der Waals surface area contributed by atoms with E-state index in [9.17, 15) is 0 Å². The van der Waals surface area contributed by atoms with Gasteiger partial charge in [0.15, 0.2) is 0 Å². The van der Waals surface area contributed by atoms with Gasteiger partial charge >= 0.3 is 0 Å². The summed E-state index contributed by atoms with van der Waals surface area (Å²) in [6, 6.07) is 1.42. The van der Waals surface area contributed by atoms with Crippen molar-refractivity contribution in [1.82, 2.24) is 10.2 Å². The Kier molecular flexibility index (Phi) is 2.63. The number of hydrogen-bond acceptors (Lipinski definition) is 2. The molecule has 0 spiro atoms. The normalized spacial score (nSPS) is 36.4. The van der Waals surface area contributed by atoms with Gasteiger partial charge in [-0.3, -0.25) is 4.90 Å². The van der Waals surface area contributed by atoms with Gasteiger partial charge in [0.1, 0.15) is 0 Å². The highest BCUT2D eigenvalue weighted by atomic mass is 15.2. The summed E-state index contributed by atoms with van der Waals surface area (Å²) < 4.78 is 0. The molecule has 3 rings (SSSR count). The maximum absolute atomic E-state index is 3.72. The lowest BCUT2D eigenvalue weighted by atomic mass is 9.98. The Morgan fingerprint density at radius 3 is 3.33 bits per heavy atom. The molecule has 2 nitrogen and oxygen atoms in total. The van der Waals surface area contributed by atoms with E-state index >= 15 is 0 Å². The van der Waals surface area contributed by atoms with E-state index in [4.69, 9.17) is 0 Å². The summed E-state index contributed by atoms with van der Waals surface area (Å²) in [4.78, 5) is 2.68. The minimum atomic E-state index is 0.626. The molecule has 2 atom stereocenters. The second-order valence-corrected chi connectivity index (χ2v) is 4.99. The third kappa shape index (κ3) is 1.88. The molecule has 0 radical (unpaired) electrons. The van der Waals surface area contributed by atoms with Crippen molar-refractivity contribution in [3.63, 3.8) is 0 Å². The van der Waals surface area contributed by atoms with E-state index in [0.29, 0.717) is 6.04 Å². The smallest absolute Gasteiger partial charge is 0.0330 e.